The van der Waals surface area contributed by atoms with Crippen LogP contribution >= 0.6 is 15.9 Å². The summed E-state index contributed by atoms with van der Waals surface area (Å²) in [5.74, 6) is 1.47. The number of halogens is 1. The summed E-state index contributed by atoms with van der Waals surface area (Å²) < 4.78 is 12.1. The van der Waals surface area contributed by atoms with E-state index in [0.29, 0.717) is 5.56 Å². The molecule has 0 amide bonds. The van der Waals surface area contributed by atoms with Crippen molar-refractivity contribution in [2.24, 2.45) is 0 Å². The predicted octanol–water partition coefficient (Wildman–Crippen LogP) is 1.89. The summed E-state index contributed by atoms with van der Waals surface area (Å²) in [4.78, 5) is 2.20. The van der Waals surface area contributed by atoms with Crippen molar-refractivity contribution in [2.45, 2.75) is 0 Å². The molecular formula is C11H11BrN2OS. The second-order valence-corrected chi connectivity index (χ2v) is 6.16. The Kier molecular flexibility index (Phi) is 3.62. The summed E-state index contributed by atoms with van der Waals surface area (Å²) >= 11 is 3.38. The second-order valence-electron chi connectivity index (χ2n) is 3.61. The first-order chi connectivity index (χ1) is 7.70. The van der Waals surface area contributed by atoms with Gasteiger partial charge in [0.2, 0.25) is 0 Å². The van der Waals surface area contributed by atoms with Gasteiger partial charge in [-0.15, -0.1) is 0 Å². The van der Waals surface area contributed by atoms with Gasteiger partial charge in [0.1, 0.15) is 6.07 Å². The average molecular weight is 299 g/mol. The van der Waals surface area contributed by atoms with E-state index in [1.165, 1.54) is 0 Å². The zero-order valence-corrected chi connectivity index (χ0v) is 11.1. The standard InChI is InChI=1S/C11H11BrN2OS/c12-11-7-10(2-1-9(11)8-13)14-3-5-16(15)6-4-14/h1-2,7H,3-6H2. The molecule has 0 aromatic heterocycles. The molecule has 1 aromatic rings. The zero-order valence-electron chi connectivity index (χ0n) is 8.65. The fourth-order valence-electron chi connectivity index (χ4n) is 1.69. The quantitative estimate of drug-likeness (QED) is 0.795. The summed E-state index contributed by atoms with van der Waals surface area (Å²) in [7, 11) is -0.652. The van der Waals surface area contributed by atoms with Gasteiger partial charge in [-0.2, -0.15) is 5.26 Å². The highest BCUT2D eigenvalue weighted by Gasteiger charge is 2.16. The molecule has 0 spiro atoms. The van der Waals surface area contributed by atoms with Gasteiger partial charge in [-0.25, -0.2) is 0 Å². The van der Waals surface area contributed by atoms with Crippen LogP contribution in [0.1, 0.15) is 5.56 Å². The van der Waals surface area contributed by atoms with E-state index < -0.39 is 10.8 Å². The molecule has 0 N–H and O–H groups in total. The third-order valence-corrected chi connectivity index (χ3v) is 4.55. The van der Waals surface area contributed by atoms with Gasteiger partial charge in [-0.05, 0) is 34.1 Å². The van der Waals surface area contributed by atoms with E-state index >= 15 is 0 Å². The average Bonchev–Trinajstić information content (AvgIpc) is 2.30. The van der Waals surface area contributed by atoms with E-state index in [-0.39, 0.29) is 0 Å². The molecule has 16 heavy (non-hydrogen) atoms. The van der Waals surface area contributed by atoms with Gasteiger partial charge in [-0.1, -0.05) is 0 Å². The van der Waals surface area contributed by atoms with Crippen LogP contribution < -0.4 is 4.90 Å². The first kappa shape index (κ1) is 11.6. The molecule has 3 nitrogen and oxygen atoms in total. The van der Waals surface area contributed by atoms with Gasteiger partial charge in [0.15, 0.2) is 0 Å². The summed E-state index contributed by atoms with van der Waals surface area (Å²) in [6.07, 6.45) is 0. The topological polar surface area (TPSA) is 44.1 Å². The Hall–Kier alpha value is -0.860. The first-order valence-corrected chi connectivity index (χ1v) is 7.28. The predicted molar refractivity (Wildman–Crippen MR) is 68.9 cm³/mol. The zero-order chi connectivity index (χ0) is 11.5. The van der Waals surface area contributed by atoms with Gasteiger partial charge in [0.25, 0.3) is 0 Å². The minimum absolute atomic E-state index is 0.643. The van der Waals surface area contributed by atoms with Crippen molar-refractivity contribution in [3.05, 3.63) is 28.2 Å². The van der Waals surface area contributed by atoms with Crippen LogP contribution in [0.4, 0.5) is 5.69 Å². The van der Waals surface area contributed by atoms with Gasteiger partial charge in [0.05, 0.1) is 5.56 Å². The van der Waals surface area contributed by atoms with Crippen LogP contribution in [0.15, 0.2) is 22.7 Å². The first-order valence-electron chi connectivity index (χ1n) is 5.00. The third-order valence-electron chi connectivity index (χ3n) is 2.62. The Morgan fingerprint density at radius 3 is 2.62 bits per heavy atom. The minimum atomic E-state index is -0.652. The van der Waals surface area contributed by atoms with E-state index in [2.05, 4.69) is 26.9 Å². The lowest BCUT2D eigenvalue weighted by atomic mass is 10.2. The molecule has 84 valence electrons. The minimum Gasteiger partial charge on any atom is -0.370 e. The summed E-state index contributed by atoms with van der Waals surface area (Å²) in [6, 6.07) is 7.82. The summed E-state index contributed by atoms with van der Waals surface area (Å²) in [5, 5.41) is 8.82. The number of rotatable bonds is 1. The molecule has 0 saturated carbocycles. The van der Waals surface area contributed by atoms with E-state index in [9.17, 15) is 4.21 Å². The molecule has 1 aliphatic heterocycles. The molecule has 0 unspecified atom stereocenters. The number of nitrogens with zero attached hydrogens (tertiary/aromatic N) is 2. The van der Waals surface area contributed by atoms with Crippen LogP contribution in [0.5, 0.6) is 0 Å². The molecule has 0 atom stereocenters. The molecule has 2 rings (SSSR count). The Bertz CT molecular complexity index is 460. The lowest BCUT2D eigenvalue weighted by Crippen LogP contribution is -2.37. The number of benzene rings is 1. The maximum absolute atomic E-state index is 11.2. The number of hydrogen-bond donors (Lipinski definition) is 0. The lowest BCUT2D eigenvalue weighted by molar-refractivity contribution is 0.673. The van der Waals surface area contributed by atoms with Crippen LogP contribution in [0.3, 0.4) is 0 Å². The van der Waals surface area contributed by atoms with E-state index in [1.54, 1.807) is 0 Å². The lowest BCUT2D eigenvalue weighted by Gasteiger charge is -2.28. The van der Waals surface area contributed by atoms with Crippen molar-refractivity contribution in [1.29, 1.82) is 5.26 Å². The van der Waals surface area contributed by atoms with Gasteiger partial charge >= 0.3 is 0 Å². The van der Waals surface area contributed by atoms with Crippen LogP contribution in [-0.2, 0) is 10.8 Å². The Labute approximate surface area is 106 Å². The fraction of sp³-hybridized carbons (Fsp3) is 0.364. The number of hydrogen-bond acceptors (Lipinski definition) is 3. The van der Waals surface area contributed by atoms with Crippen molar-refractivity contribution >= 4 is 32.4 Å². The molecule has 0 bridgehead atoms. The molecule has 0 aliphatic carbocycles. The van der Waals surface area contributed by atoms with Crippen molar-refractivity contribution in [3.63, 3.8) is 0 Å². The Morgan fingerprint density at radius 1 is 1.38 bits per heavy atom. The SMILES string of the molecule is N#Cc1ccc(N2CCS(=O)CC2)cc1Br. The summed E-state index contributed by atoms with van der Waals surface area (Å²) in [5.41, 5.74) is 1.73. The third kappa shape index (κ3) is 2.45. The van der Waals surface area contributed by atoms with Crippen LogP contribution in [0, 0.1) is 11.3 Å². The molecule has 5 heteroatoms. The van der Waals surface area contributed by atoms with Crippen molar-refractivity contribution < 1.29 is 4.21 Å². The van der Waals surface area contributed by atoms with Crippen LogP contribution in [-0.4, -0.2) is 28.8 Å². The van der Waals surface area contributed by atoms with Gasteiger partial charge < -0.3 is 4.90 Å². The number of anilines is 1. The highest BCUT2D eigenvalue weighted by atomic mass is 79.9. The van der Waals surface area contributed by atoms with Crippen molar-refractivity contribution in [3.8, 4) is 6.07 Å². The Morgan fingerprint density at radius 2 is 2.06 bits per heavy atom. The Balaban J connectivity index is 2.19. The van der Waals surface area contributed by atoms with E-state index in [4.69, 9.17) is 5.26 Å². The van der Waals surface area contributed by atoms with Crippen LogP contribution in [0.2, 0.25) is 0 Å². The largest absolute Gasteiger partial charge is 0.370 e. The van der Waals surface area contributed by atoms with Crippen molar-refractivity contribution in [2.75, 3.05) is 29.5 Å². The monoisotopic (exact) mass is 298 g/mol. The molecule has 1 saturated heterocycles. The normalized spacial score (nSPS) is 17.1. The molecule has 1 fully saturated rings. The van der Waals surface area contributed by atoms with Crippen molar-refractivity contribution in [1.82, 2.24) is 0 Å². The summed E-state index contributed by atoms with van der Waals surface area (Å²) in [6.45, 7) is 1.65. The van der Waals surface area contributed by atoms with E-state index in [1.807, 2.05) is 18.2 Å². The smallest absolute Gasteiger partial charge is 0.100 e. The fourth-order valence-corrected chi connectivity index (χ4v) is 3.20. The van der Waals surface area contributed by atoms with Gasteiger partial charge in [0, 0.05) is 45.6 Å². The van der Waals surface area contributed by atoms with E-state index in [0.717, 1.165) is 34.8 Å². The molecule has 0 radical (unpaired) electrons. The molecule has 1 heterocycles. The van der Waals surface area contributed by atoms with Gasteiger partial charge in [-0.3, -0.25) is 4.21 Å². The maximum Gasteiger partial charge on any atom is 0.100 e. The molecular weight excluding hydrogens is 288 g/mol. The maximum atomic E-state index is 11.2. The molecule has 1 aromatic carbocycles. The number of nitriles is 1. The molecule has 1 aliphatic rings. The highest BCUT2D eigenvalue weighted by molar-refractivity contribution is 9.10. The second kappa shape index (κ2) is 4.98. The highest BCUT2D eigenvalue weighted by Crippen LogP contribution is 2.24. The van der Waals surface area contributed by atoms with Crippen LogP contribution in [0.25, 0.3) is 0 Å².